The van der Waals surface area contributed by atoms with Gasteiger partial charge >= 0.3 is 0 Å². The van der Waals surface area contributed by atoms with Gasteiger partial charge < -0.3 is 9.80 Å². The summed E-state index contributed by atoms with van der Waals surface area (Å²) in [5, 5.41) is 23.9. The van der Waals surface area contributed by atoms with Gasteiger partial charge in [-0.3, -0.25) is 25.0 Å². The number of ketones is 1. The number of nitrogens with zero attached hydrogens (tertiary/aromatic N) is 4. The van der Waals surface area contributed by atoms with Gasteiger partial charge in [0.25, 0.3) is 5.69 Å². The molecule has 1 saturated heterocycles. The highest BCUT2D eigenvalue weighted by Gasteiger charge is 2.59. The highest BCUT2D eigenvalue weighted by atomic mass is 16.6. The zero-order valence-corrected chi connectivity index (χ0v) is 19.7. The predicted molar refractivity (Wildman–Crippen MR) is 137 cm³/mol. The fourth-order valence-electron chi connectivity index (χ4n) is 5.37. The van der Waals surface area contributed by atoms with E-state index >= 15 is 0 Å². The molecule has 5 rings (SSSR count). The van der Waals surface area contributed by atoms with Crippen molar-refractivity contribution in [1.82, 2.24) is 0 Å². The number of rotatable bonds is 6. The Bertz CT molecular complexity index is 1380. The number of fused-ring (bicyclic) bond motifs is 3. The van der Waals surface area contributed by atoms with Crippen molar-refractivity contribution in [1.29, 1.82) is 0 Å². The summed E-state index contributed by atoms with van der Waals surface area (Å²) in [5.74, 6) is -1.16. The molecule has 0 unspecified atom stereocenters. The molecule has 0 bridgehead atoms. The van der Waals surface area contributed by atoms with Crippen LogP contribution in [0.3, 0.4) is 0 Å². The predicted octanol–water partition coefficient (Wildman–Crippen LogP) is 4.56. The van der Waals surface area contributed by atoms with E-state index in [9.17, 15) is 25.0 Å². The van der Waals surface area contributed by atoms with E-state index in [2.05, 4.69) is 0 Å². The Kier molecular flexibility index (Phi) is 5.75. The average Bonchev–Trinajstić information content (AvgIpc) is 3.24. The van der Waals surface area contributed by atoms with E-state index in [0.29, 0.717) is 5.56 Å². The van der Waals surface area contributed by atoms with Crippen LogP contribution in [0.15, 0.2) is 78.9 Å². The molecule has 9 nitrogen and oxygen atoms in total. The lowest BCUT2D eigenvalue weighted by molar-refractivity contribution is -0.524. The molecule has 2 heterocycles. The first-order valence-corrected chi connectivity index (χ1v) is 11.5. The average molecular weight is 485 g/mol. The normalized spacial score (nSPS) is 22.0. The summed E-state index contributed by atoms with van der Waals surface area (Å²) in [6, 6.07) is 17.8. The fraction of sp³-hybridized carbons (Fsp3) is 0.222. The summed E-state index contributed by atoms with van der Waals surface area (Å²) in [5.41, 5.74) is 3.14. The van der Waals surface area contributed by atoms with Crippen LogP contribution in [-0.4, -0.2) is 47.9 Å². The largest absolute Gasteiger partial charge is 0.378 e. The standard InChI is InChI=1S/C27H24N4O5/c1-28(2)20-13-10-18(11-14-20)24-25(31(35)36)23-15-12-17-6-3-4-9-22(17)29(23)26(24)27(32)19-7-5-8-21(16-19)30(33)34/h3-16,23-26H,1-2H3/t23-,24-,25+,26-/m0/s1. The molecule has 0 radical (unpaired) electrons. The van der Waals surface area contributed by atoms with Crippen LogP contribution in [0.2, 0.25) is 0 Å². The van der Waals surface area contributed by atoms with Crippen LogP contribution in [0.1, 0.15) is 27.4 Å². The number of nitro benzene ring substituents is 1. The zero-order chi connectivity index (χ0) is 25.6. The molecule has 2 aliphatic rings. The molecule has 36 heavy (non-hydrogen) atoms. The Balaban J connectivity index is 1.70. The van der Waals surface area contributed by atoms with Gasteiger partial charge in [0.05, 0.1) is 10.8 Å². The fourth-order valence-corrected chi connectivity index (χ4v) is 5.37. The van der Waals surface area contributed by atoms with Crippen LogP contribution in [0.4, 0.5) is 17.1 Å². The summed E-state index contributed by atoms with van der Waals surface area (Å²) in [7, 11) is 3.81. The van der Waals surface area contributed by atoms with Gasteiger partial charge in [-0.15, -0.1) is 0 Å². The monoisotopic (exact) mass is 484 g/mol. The quantitative estimate of drug-likeness (QED) is 0.287. The van der Waals surface area contributed by atoms with Crippen LogP contribution >= 0.6 is 0 Å². The van der Waals surface area contributed by atoms with Crippen LogP contribution in [0.5, 0.6) is 0 Å². The molecule has 0 spiro atoms. The first kappa shape index (κ1) is 23.2. The number of hydrogen-bond donors (Lipinski definition) is 0. The SMILES string of the molecule is CN(C)c1ccc([C@H]2[C@H]([N+](=O)[O-])[C@@H]3C=Cc4ccccc4N3[C@@H]2C(=O)c2cccc([N+](=O)[O-])c2)cc1. The molecule has 4 atom stereocenters. The maximum absolute atomic E-state index is 14.1. The minimum Gasteiger partial charge on any atom is -0.378 e. The molecule has 0 saturated carbocycles. The number of nitro groups is 2. The highest BCUT2D eigenvalue weighted by molar-refractivity contribution is 6.04. The number of non-ortho nitro benzene ring substituents is 1. The molecule has 3 aromatic carbocycles. The molecular weight excluding hydrogens is 460 g/mol. The van der Waals surface area contributed by atoms with E-state index in [1.54, 1.807) is 6.08 Å². The molecule has 182 valence electrons. The Hall–Kier alpha value is -4.53. The summed E-state index contributed by atoms with van der Waals surface area (Å²) < 4.78 is 0. The van der Waals surface area contributed by atoms with Gasteiger partial charge in [-0.05, 0) is 29.3 Å². The van der Waals surface area contributed by atoms with Gasteiger partial charge in [-0.2, -0.15) is 0 Å². The van der Waals surface area contributed by atoms with Crippen molar-refractivity contribution in [2.24, 2.45) is 0 Å². The third-order valence-corrected chi connectivity index (χ3v) is 7.01. The molecule has 3 aromatic rings. The third-order valence-electron chi connectivity index (χ3n) is 7.01. The summed E-state index contributed by atoms with van der Waals surface area (Å²) in [6.07, 6.45) is 3.65. The smallest absolute Gasteiger partial charge is 0.270 e. The Labute approximate surface area is 207 Å². The van der Waals surface area contributed by atoms with Gasteiger partial charge in [-0.1, -0.05) is 54.6 Å². The van der Waals surface area contributed by atoms with Crippen LogP contribution in [0.25, 0.3) is 6.08 Å². The van der Waals surface area contributed by atoms with Gasteiger partial charge in [0, 0.05) is 48.1 Å². The molecule has 0 amide bonds. The number of para-hydroxylation sites is 1. The van der Waals surface area contributed by atoms with Crippen molar-refractivity contribution < 1.29 is 14.6 Å². The van der Waals surface area contributed by atoms with Crippen molar-refractivity contribution in [3.8, 4) is 0 Å². The van der Waals surface area contributed by atoms with Crippen molar-refractivity contribution >= 4 is 28.9 Å². The number of Topliss-reactive ketones (excluding diaryl/α,β-unsaturated/α-hetero) is 1. The topological polar surface area (TPSA) is 110 Å². The first-order valence-electron chi connectivity index (χ1n) is 11.5. The van der Waals surface area contributed by atoms with Gasteiger partial charge in [0.2, 0.25) is 6.04 Å². The van der Waals surface area contributed by atoms with Gasteiger partial charge in [0.1, 0.15) is 12.1 Å². The second-order valence-electron chi connectivity index (χ2n) is 9.22. The minimum absolute atomic E-state index is 0.152. The third kappa shape index (κ3) is 3.78. The van der Waals surface area contributed by atoms with Crippen LogP contribution < -0.4 is 9.80 Å². The first-order chi connectivity index (χ1) is 17.3. The van der Waals surface area contributed by atoms with Crippen molar-refractivity contribution in [3.63, 3.8) is 0 Å². The minimum atomic E-state index is -1.09. The number of carbonyl (C=O) groups excluding carboxylic acids is 1. The Morgan fingerprint density at radius 1 is 0.944 bits per heavy atom. The van der Waals surface area contributed by atoms with E-state index in [4.69, 9.17) is 0 Å². The zero-order valence-electron chi connectivity index (χ0n) is 19.7. The van der Waals surface area contributed by atoms with Crippen molar-refractivity contribution in [2.75, 3.05) is 23.9 Å². The number of carbonyl (C=O) groups is 1. The number of anilines is 2. The summed E-state index contributed by atoms with van der Waals surface area (Å²) in [4.78, 5) is 40.9. The summed E-state index contributed by atoms with van der Waals surface area (Å²) in [6.45, 7) is 0. The van der Waals surface area contributed by atoms with Crippen LogP contribution in [0, 0.1) is 20.2 Å². The molecule has 2 aliphatic heterocycles. The van der Waals surface area contributed by atoms with E-state index in [0.717, 1.165) is 16.9 Å². The van der Waals surface area contributed by atoms with Crippen molar-refractivity contribution in [3.05, 3.63) is 116 Å². The molecule has 1 fully saturated rings. The van der Waals surface area contributed by atoms with Crippen molar-refractivity contribution in [2.45, 2.75) is 24.0 Å². The molecular formula is C27H24N4O5. The lowest BCUT2D eigenvalue weighted by Gasteiger charge is -2.34. The lowest BCUT2D eigenvalue weighted by atomic mass is 9.83. The van der Waals surface area contributed by atoms with E-state index in [1.165, 1.54) is 24.3 Å². The van der Waals surface area contributed by atoms with Gasteiger partial charge in [0.15, 0.2) is 5.78 Å². The maximum atomic E-state index is 14.1. The van der Waals surface area contributed by atoms with E-state index in [1.807, 2.05) is 78.5 Å². The van der Waals surface area contributed by atoms with E-state index in [-0.39, 0.29) is 22.0 Å². The molecule has 0 aromatic heterocycles. The maximum Gasteiger partial charge on any atom is 0.270 e. The Morgan fingerprint density at radius 3 is 2.33 bits per heavy atom. The lowest BCUT2D eigenvalue weighted by Crippen LogP contribution is -2.44. The molecule has 9 heteroatoms. The van der Waals surface area contributed by atoms with Crippen LogP contribution in [-0.2, 0) is 0 Å². The number of benzene rings is 3. The summed E-state index contributed by atoms with van der Waals surface area (Å²) >= 11 is 0. The van der Waals surface area contributed by atoms with Gasteiger partial charge in [-0.25, -0.2) is 0 Å². The second-order valence-corrected chi connectivity index (χ2v) is 9.22. The van der Waals surface area contributed by atoms with E-state index < -0.39 is 29.0 Å². The Morgan fingerprint density at radius 2 is 1.67 bits per heavy atom. The highest BCUT2D eigenvalue weighted by Crippen LogP contribution is 2.47. The molecule has 0 N–H and O–H groups in total. The second kappa shape index (κ2) is 8.92. The molecule has 0 aliphatic carbocycles. The number of hydrogen-bond acceptors (Lipinski definition) is 7.